The summed E-state index contributed by atoms with van der Waals surface area (Å²) in [4.78, 5) is 2.41. The van der Waals surface area contributed by atoms with Crippen LogP contribution in [-0.2, 0) is 5.41 Å². The molecule has 252 valence electrons. The first-order chi connectivity index (χ1) is 26.0. The van der Waals surface area contributed by atoms with E-state index in [0.29, 0.717) is 0 Å². The second-order valence-corrected chi connectivity index (χ2v) is 14.6. The number of anilines is 3. The zero-order valence-electron chi connectivity index (χ0n) is 29.8. The van der Waals surface area contributed by atoms with Gasteiger partial charge in [0.2, 0.25) is 0 Å². The van der Waals surface area contributed by atoms with Gasteiger partial charge in [-0.2, -0.15) is 0 Å². The third-order valence-electron chi connectivity index (χ3n) is 11.1. The molecule has 1 aliphatic rings. The van der Waals surface area contributed by atoms with E-state index in [0.717, 1.165) is 50.3 Å². The van der Waals surface area contributed by atoms with Crippen molar-refractivity contribution in [2.24, 2.45) is 0 Å². The second kappa shape index (κ2) is 12.3. The van der Waals surface area contributed by atoms with Gasteiger partial charge in [-0.3, -0.25) is 0 Å². The van der Waals surface area contributed by atoms with Gasteiger partial charge in [0.05, 0.1) is 6.26 Å². The molecule has 1 heterocycles. The molecule has 0 amide bonds. The minimum Gasteiger partial charge on any atom is -0.464 e. The predicted octanol–water partition coefficient (Wildman–Crippen LogP) is 14.1. The van der Waals surface area contributed by atoms with Crippen LogP contribution < -0.4 is 4.90 Å². The fraction of sp³-hybridized carbons (Fsp3) is 0.0588. The average Bonchev–Trinajstić information content (AvgIpc) is 3.72. The van der Waals surface area contributed by atoms with Crippen molar-refractivity contribution in [3.63, 3.8) is 0 Å². The highest BCUT2D eigenvalue weighted by molar-refractivity contribution is 6.09. The minimum atomic E-state index is -0.117. The Balaban J connectivity index is 1.17. The van der Waals surface area contributed by atoms with E-state index < -0.39 is 0 Å². The molecule has 0 unspecified atom stereocenters. The van der Waals surface area contributed by atoms with E-state index >= 15 is 0 Å². The Morgan fingerprint density at radius 2 is 1.09 bits per heavy atom. The van der Waals surface area contributed by atoms with Crippen molar-refractivity contribution >= 4 is 61.2 Å². The summed E-state index contributed by atoms with van der Waals surface area (Å²) in [7, 11) is 0. The van der Waals surface area contributed by atoms with Crippen LogP contribution in [0, 0.1) is 0 Å². The third-order valence-corrected chi connectivity index (χ3v) is 11.1. The van der Waals surface area contributed by atoms with Gasteiger partial charge in [-0.1, -0.05) is 147 Å². The van der Waals surface area contributed by atoms with Gasteiger partial charge in [-0.25, -0.2) is 0 Å². The molecule has 1 aromatic heterocycles. The summed E-state index contributed by atoms with van der Waals surface area (Å²) in [6.45, 7) is 4.69. The minimum absolute atomic E-state index is 0.117. The van der Waals surface area contributed by atoms with Crippen LogP contribution in [0.5, 0.6) is 0 Å². The zero-order valence-corrected chi connectivity index (χ0v) is 29.8. The first kappa shape index (κ1) is 31.1. The molecule has 0 radical (unpaired) electrons. The van der Waals surface area contributed by atoms with Crippen LogP contribution in [0.4, 0.5) is 17.1 Å². The molecule has 0 saturated heterocycles. The molecule has 9 aromatic rings. The highest BCUT2D eigenvalue weighted by Gasteiger charge is 2.35. The van der Waals surface area contributed by atoms with Gasteiger partial charge in [0.25, 0.3) is 0 Å². The number of benzene rings is 8. The summed E-state index contributed by atoms with van der Waals surface area (Å²) in [5.74, 6) is 0. The molecule has 0 atom stereocenters. The van der Waals surface area contributed by atoms with E-state index in [1.54, 1.807) is 0 Å². The summed E-state index contributed by atoms with van der Waals surface area (Å²) in [5, 5.41) is 6.05. The van der Waals surface area contributed by atoms with Crippen LogP contribution in [0.3, 0.4) is 0 Å². The smallest absolute Gasteiger partial charge is 0.134 e. The Kier molecular flexibility index (Phi) is 7.19. The van der Waals surface area contributed by atoms with Crippen molar-refractivity contribution in [1.82, 2.24) is 0 Å². The van der Waals surface area contributed by atoms with Crippen molar-refractivity contribution in [2.75, 3.05) is 4.90 Å². The molecule has 8 aromatic carbocycles. The molecule has 2 nitrogen and oxygen atoms in total. The lowest BCUT2D eigenvalue weighted by Gasteiger charge is -2.28. The summed E-state index contributed by atoms with van der Waals surface area (Å²) in [5.41, 5.74) is 13.9. The van der Waals surface area contributed by atoms with Crippen molar-refractivity contribution in [3.8, 4) is 11.1 Å². The SMILES string of the molecule is CC1(C)c2ccccc2-c2ccc(N(c3ccc4c(ccc5ccccc54)c3)c3ccc4occ(C=C(c5ccccc5)c5ccccc5)c4c3)cc21. The van der Waals surface area contributed by atoms with Gasteiger partial charge < -0.3 is 9.32 Å². The van der Waals surface area contributed by atoms with E-state index in [2.05, 4.69) is 201 Å². The number of fused-ring (bicyclic) bond motifs is 7. The van der Waals surface area contributed by atoms with Crippen molar-refractivity contribution < 1.29 is 4.42 Å². The van der Waals surface area contributed by atoms with Gasteiger partial charge in [0.1, 0.15) is 5.58 Å². The van der Waals surface area contributed by atoms with E-state index in [1.807, 2.05) is 6.26 Å². The second-order valence-electron chi connectivity index (χ2n) is 14.6. The fourth-order valence-electron chi connectivity index (χ4n) is 8.43. The summed E-state index contributed by atoms with van der Waals surface area (Å²) < 4.78 is 6.23. The third kappa shape index (κ3) is 5.18. The lowest BCUT2D eigenvalue weighted by Crippen LogP contribution is -2.16. The molecule has 1 aliphatic carbocycles. The van der Waals surface area contributed by atoms with Crippen LogP contribution >= 0.6 is 0 Å². The highest BCUT2D eigenvalue weighted by Crippen LogP contribution is 2.51. The normalized spacial score (nSPS) is 12.9. The Morgan fingerprint density at radius 3 is 1.91 bits per heavy atom. The number of rotatable bonds is 6. The van der Waals surface area contributed by atoms with Crippen LogP contribution in [0.2, 0.25) is 0 Å². The number of hydrogen-bond acceptors (Lipinski definition) is 2. The number of nitrogens with zero attached hydrogens (tertiary/aromatic N) is 1. The lowest BCUT2D eigenvalue weighted by molar-refractivity contribution is 0.615. The van der Waals surface area contributed by atoms with Gasteiger partial charge in [0.15, 0.2) is 0 Å². The monoisotopic (exact) mass is 679 g/mol. The maximum absolute atomic E-state index is 6.23. The zero-order chi connectivity index (χ0) is 35.5. The van der Waals surface area contributed by atoms with Crippen LogP contribution in [0.15, 0.2) is 187 Å². The first-order valence-electron chi connectivity index (χ1n) is 18.3. The van der Waals surface area contributed by atoms with E-state index in [1.165, 1.54) is 43.8 Å². The largest absolute Gasteiger partial charge is 0.464 e. The van der Waals surface area contributed by atoms with E-state index in [9.17, 15) is 0 Å². The maximum atomic E-state index is 6.23. The molecule has 0 saturated carbocycles. The van der Waals surface area contributed by atoms with E-state index in [4.69, 9.17) is 4.42 Å². The van der Waals surface area contributed by atoms with Crippen molar-refractivity contribution in [2.45, 2.75) is 19.3 Å². The standard InChI is InChI=1S/C51H37NO/c1-51(2)48-20-12-11-19-44(48)45-27-24-41(32-49(45)51)52(39-23-26-43-37(29-39)22-21-36-17-9-10-18-42(36)43)40-25-28-50-47(31-40)38(33-53-50)30-46(34-13-5-3-6-14-34)35-15-7-4-8-16-35/h3-33H,1-2H3. The van der Waals surface area contributed by atoms with E-state index in [-0.39, 0.29) is 5.41 Å². The summed E-state index contributed by atoms with van der Waals surface area (Å²) in [6, 6.07) is 63.6. The topological polar surface area (TPSA) is 16.4 Å². The molecular formula is C51H37NO. The Labute approximate surface area is 309 Å². The molecule has 2 heteroatoms. The van der Waals surface area contributed by atoms with Crippen molar-refractivity contribution in [1.29, 1.82) is 0 Å². The summed E-state index contributed by atoms with van der Waals surface area (Å²) in [6.07, 6.45) is 4.15. The fourth-order valence-corrected chi connectivity index (χ4v) is 8.43. The molecule has 53 heavy (non-hydrogen) atoms. The quantitative estimate of drug-likeness (QED) is 0.163. The van der Waals surface area contributed by atoms with Crippen LogP contribution in [0.25, 0.3) is 55.3 Å². The molecule has 0 bridgehead atoms. The van der Waals surface area contributed by atoms with Crippen LogP contribution in [-0.4, -0.2) is 0 Å². The summed E-state index contributed by atoms with van der Waals surface area (Å²) >= 11 is 0. The molecular weight excluding hydrogens is 643 g/mol. The predicted molar refractivity (Wildman–Crippen MR) is 223 cm³/mol. The molecule has 0 aliphatic heterocycles. The van der Waals surface area contributed by atoms with Gasteiger partial charge in [-0.15, -0.1) is 0 Å². The molecule has 0 fully saturated rings. The van der Waals surface area contributed by atoms with Crippen molar-refractivity contribution in [3.05, 3.63) is 210 Å². The molecule has 0 N–H and O–H groups in total. The van der Waals surface area contributed by atoms with Gasteiger partial charge in [-0.05, 0) is 109 Å². The Morgan fingerprint density at radius 1 is 0.491 bits per heavy atom. The average molecular weight is 680 g/mol. The Bertz CT molecular complexity index is 2820. The number of furan rings is 1. The van der Waals surface area contributed by atoms with Crippen LogP contribution in [0.1, 0.15) is 41.7 Å². The Hall–Kier alpha value is -6.64. The highest BCUT2D eigenvalue weighted by atomic mass is 16.3. The van der Waals surface area contributed by atoms with Gasteiger partial charge >= 0.3 is 0 Å². The maximum Gasteiger partial charge on any atom is 0.134 e. The molecule has 0 spiro atoms. The first-order valence-corrected chi connectivity index (χ1v) is 18.3. The number of hydrogen-bond donors (Lipinski definition) is 0. The molecule has 10 rings (SSSR count). The lowest BCUT2D eigenvalue weighted by atomic mass is 9.82. The van der Waals surface area contributed by atoms with Gasteiger partial charge in [0, 0.05) is 33.4 Å².